The van der Waals surface area contributed by atoms with Gasteiger partial charge in [0.15, 0.2) is 0 Å². The second-order valence-corrected chi connectivity index (χ2v) is 8.22. The van der Waals surface area contributed by atoms with Gasteiger partial charge in [0.05, 0.1) is 17.6 Å². The van der Waals surface area contributed by atoms with Crippen LogP contribution in [-0.4, -0.2) is 27.0 Å². The zero-order chi connectivity index (χ0) is 18.7. The molecule has 0 N–H and O–H groups in total. The van der Waals surface area contributed by atoms with Crippen molar-refractivity contribution in [3.8, 4) is 0 Å². The summed E-state index contributed by atoms with van der Waals surface area (Å²) >= 11 is 5.06. The molecular formula is C19H22BrN3O2S. The average Bonchev–Trinajstić information content (AvgIpc) is 3.15. The average molecular weight is 436 g/mol. The third-order valence-electron chi connectivity index (χ3n) is 4.36. The molecular weight excluding hydrogens is 414 g/mol. The van der Waals surface area contributed by atoms with E-state index in [2.05, 4.69) is 22.9 Å². The maximum atomic E-state index is 12.8. The van der Waals surface area contributed by atoms with Gasteiger partial charge >= 0.3 is 5.69 Å². The normalized spacial score (nSPS) is 11.2. The van der Waals surface area contributed by atoms with Crippen LogP contribution in [0.4, 0.5) is 0 Å². The number of carbonyl (C=O) groups excluding carboxylic acids is 1. The lowest BCUT2D eigenvalue weighted by Gasteiger charge is -2.16. The van der Waals surface area contributed by atoms with Gasteiger partial charge in [0.2, 0.25) is 5.91 Å². The molecule has 3 rings (SSSR count). The van der Waals surface area contributed by atoms with Gasteiger partial charge in [0, 0.05) is 41.3 Å². The van der Waals surface area contributed by atoms with Gasteiger partial charge in [-0.2, -0.15) is 0 Å². The van der Waals surface area contributed by atoms with Crippen molar-refractivity contribution in [2.75, 3.05) is 7.05 Å². The van der Waals surface area contributed by atoms with E-state index < -0.39 is 0 Å². The maximum Gasteiger partial charge on any atom is 0.329 e. The Morgan fingerprint density at radius 1 is 1.19 bits per heavy atom. The summed E-state index contributed by atoms with van der Waals surface area (Å²) in [6.07, 6.45) is 1.20. The molecule has 2 heterocycles. The Bertz CT molecular complexity index is 973. The lowest BCUT2D eigenvalue weighted by atomic mass is 10.3. The van der Waals surface area contributed by atoms with Gasteiger partial charge in [-0.1, -0.05) is 19.1 Å². The topological polar surface area (TPSA) is 47.2 Å². The minimum atomic E-state index is -0.0364. The molecule has 2 aromatic heterocycles. The van der Waals surface area contributed by atoms with Gasteiger partial charge in [-0.25, -0.2) is 4.79 Å². The van der Waals surface area contributed by atoms with Crippen LogP contribution in [-0.2, 0) is 24.4 Å². The highest BCUT2D eigenvalue weighted by atomic mass is 79.9. The molecule has 1 aromatic carbocycles. The van der Waals surface area contributed by atoms with Crippen molar-refractivity contribution < 1.29 is 4.79 Å². The molecule has 0 radical (unpaired) electrons. The number of rotatable bonds is 7. The first-order valence-electron chi connectivity index (χ1n) is 8.66. The van der Waals surface area contributed by atoms with Crippen LogP contribution in [0, 0.1) is 0 Å². The van der Waals surface area contributed by atoms with E-state index in [4.69, 9.17) is 0 Å². The third kappa shape index (κ3) is 3.94. The molecule has 0 aliphatic carbocycles. The number of aryl methyl sites for hydroxylation is 2. The quantitative estimate of drug-likeness (QED) is 0.560. The van der Waals surface area contributed by atoms with Gasteiger partial charge in [0.1, 0.15) is 0 Å². The first-order chi connectivity index (χ1) is 12.5. The van der Waals surface area contributed by atoms with Crippen LogP contribution < -0.4 is 5.69 Å². The standard InChI is InChI=1S/C19H22BrN3O2S/c1-3-9-22-16-6-4-5-7-17(16)23(19(22)25)10-8-18(24)21(2)12-15-11-14(20)13-26-15/h4-7,11,13H,3,8-10,12H2,1-2H3. The van der Waals surface area contributed by atoms with E-state index in [0.29, 0.717) is 26.1 Å². The number of nitrogens with zero attached hydrogens (tertiary/aromatic N) is 3. The first kappa shape index (κ1) is 18.9. The van der Waals surface area contributed by atoms with E-state index >= 15 is 0 Å². The number of fused-ring (bicyclic) bond motifs is 1. The first-order valence-corrected chi connectivity index (χ1v) is 10.3. The fourth-order valence-electron chi connectivity index (χ4n) is 3.09. The maximum absolute atomic E-state index is 12.8. The van der Waals surface area contributed by atoms with Crippen molar-refractivity contribution in [3.63, 3.8) is 0 Å². The van der Waals surface area contributed by atoms with Crippen molar-refractivity contribution >= 4 is 44.2 Å². The van der Waals surface area contributed by atoms with E-state index in [-0.39, 0.29) is 11.6 Å². The molecule has 0 spiro atoms. The minimum Gasteiger partial charge on any atom is -0.341 e. The van der Waals surface area contributed by atoms with E-state index in [0.717, 1.165) is 26.8 Å². The molecule has 0 aliphatic rings. The number of carbonyl (C=O) groups is 1. The molecule has 0 fully saturated rings. The van der Waals surface area contributed by atoms with Gasteiger partial charge in [-0.3, -0.25) is 13.9 Å². The lowest BCUT2D eigenvalue weighted by Crippen LogP contribution is -2.29. The van der Waals surface area contributed by atoms with E-state index in [1.165, 1.54) is 0 Å². The molecule has 3 aromatic rings. The Morgan fingerprint density at radius 3 is 2.42 bits per heavy atom. The van der Waals surface area contributed by atoms with Crippen molar-refractivity contribution in [1.29, 1.82) is 0 Å². The zero-order valence-corrected chi connectivity index (χ0v) is 17.3. The molecule has 138 valence electrons. The number of hydrogen-bond donors (Lipinski definition) is 0. The SMILES string of the molecule is CCCn1c(=O)n(CCC(=O)N(C)Cc2cc(Br)cs2)c2ccccc21. The summed E-state index contributed by atoms with van der Waals surface area (Å²) in [5, 5.41) is 2.01. The second kappa shape index (κ2) is 8.22. The molecule has 5 nitrogen and oxygen atoms in total. The molecule has 0 aliphatic heterocycles. The van der Waals surface area contributed by atoms with Crippen LogP contribution in [0.1, 0.15) is 24.6 Å². The summed E-state index contributed by atoms with van der Waals surface area (Å²) in [6, 6.07) is 9.80. The molecule has 0 unspecified atom stereocenters. The van der Waals surface area contributed by atoms with Crippen LogP contribution >= 0.6 is 27.3 Å². The summed E-state index contributed by atoms with van der Waals surface area (Å²) in [7, 11) is 1.80. The predicted molar refractivity (Wildman–Crippen MR) is 110 cm³/mol. The molecule has 7 heteroatoms. The smallest absolute Gasteiger partial charge is 0.329 e. The van der Waals surface area contributed by atoms with Crippen molar-refractivity contribution in [2.45, 2.75) is 39.4 Å². The third-order valence-corrected chi connectivity index (χ3v) is 6.04. The number of aromatic nitrogens is 2. The monoisotopic (exact) mass is 435 g/mol. The highest BCUT2D eigenvalue weighted by Crippen LogP contribution is 2.21. The Labute approximate surface area is 165 Å². The van der Waals surface area contributed by atoms with Crippen LogP contribution in [0.5, 0.6) is 0 Å². The number of amides is 1. The second-order valence-electron chi connectivity index (χ2n) is 6.31. The highest BCUT2D eigenvalue weighted by molar-refractivity contribution is 9.10. The van der Waals surface area contributed by atoms with Crippen LogP contribution in [0.3, 0.4) is 0 Å². The Kier molecular flexibility index (Phi) is 5.98. The number of hydrogen-bond acceptors (Lipinski definition) is 3. The molecule has 0 saturated carbocycles. The van der Waals surface area contributed by atoms with Crippen molar-refractivity contribution in [2.24, 2.45) is 0 Å². The zero-order valence-electron chi connectivity index (χ0n) is 14.9. The summed E-state index contributed by atoms with van der Waals surface area (Å²) in [5.41, 5.74) is 1.79. The van der Waals surface area contributed by atoms with Gasteiger partial charge in [0.25, 0.3) is 0 Å². The number of imidazole rings is 1. The Morgan fingerprint density at radius 2 is 1.85 bits per heavy atom. The minimum absolute atomic E-state index is 0.0359. The van der Waals surface area contributed by atoms with E-state index in [1.807, 2.05) is 35.7 Å². The fraction of sp³-hybridized carbons (Fsp3) is 0.368. The predicted octanol–water partition coefficient (Wildman–Crippen LogP) is 4.09. The van der Waals surface area contributed by atoms with Crippen LogP contribution in [0.25, 0.3) is 11.0 Å². The van der Waals surface area contributed by atoms with Crippen LogP contribution in [0.15, 0.2) is 45.0 Å². The molecule has 0 saturated heterocycles. The molecule has 1 amide bonds. The van der Waals surface area contributed by atoms with Crippen molar-refractivity contribution in [1.82, 2.24) is 14.0 Å². The summed E-state index contributed by atoms with van der Waals surface area (Å²) in [4.78, 5) is 28.1. The van der Waals surface area contributed by atoms with Crippen LogP contribution in [0.2, 0.25) is 0 Å². The number of halogens is 1. The number of benzene rings is 1. The Balaban J connectivity index is 1.74. The summed E-state index contributed by atoms with van der Waals surface area (Å²) in [5.74, 6) is 0.0359. The highest BCUT2D eigenvalue weighted by Gasteiger charge is 2.15. The lowest BCUT2D eigenvalue weighted by molar-refractivity contribution is -0.130. The number of para-hydroxylation sites is 2. The fourth-order valence-corrected chi connectivity index (χ4v) is 4.59. The Hall–Kier alpha value is -1.86. The van der Waals surface area contributed by atoms with Crippen molar-refractivity contribution in [3.05, 3.63) is 55.5 Å². The molecule has 26 heavy (non-hydrogen) atoms. The van der Waals surface area contributed by atoms with Gasteiger partial charge < -0.3 is 4.90 Å². The van der Waals surface area contributed by atoms with Gasteiger partial charge in [-0.05, 0) is 40.5 Å². The van der Waals surface area contributed by atoms with Gasteiger partial charge in [-0.15, -0.1) is 11.3 Å². The largest absolute Gasteiger partial charge is 0.341 e. The van der Waals surface area contributed by atoms with E-state index in [1.54, 1.807) is 32.4 Å². The number of thiophene rings is 1. The molecule has 0 bridgehead atoms. The van der Waals surface area contributed by atoms with E-state index in [9.17, 15) is 9.59 Å². The summed E-state index contributed by atoms with van der Waals surface area (Å²) < 4.78 is 4.55. The molecule has 0 atom stereocenters. The summed E-state index contributed by atoms with van der Waals surface area (Å²) in [6.45, 7) is 3.72.